The summed E-state index contributed by atoms with van der Waals surface area (Å²) in [7, 11) is 0. The molecule has 6 nitrogen and oxygen atoms in total. The van der Waals surface area contributed by atoms with Gasteiger partial charge in [0.05, 0.1) is 21.2 Å². The van der Waals surface area contributed by atoms with E-state index >= 15 is 0 Å². The van der Waals surface area contributed by atoms with Crippen LogP contribution in [0.2, 0.25) is 0 Å². The molecule has 4 N–H and O–H groups in total. The Bertz CT molecular complexity index is 1000. The average Bonchev–Trinajstić information content (AvgIpc) is 3.04. The summed E-state index contributed by atoms with van der Waals surface area (Å²) in [6, 6.07) is 5.71. The molecule has 1 aliphatic rings. The number of carbonyl (C=O) groups excluding carboxylic acids is 1. The molecule has 0 spiro atoms. The molecule has 1 aromatic carbocycles. The Morgan fingerprint density at radius 1 is 1.44 bits per heavy atom. The van der Waals surface area contributed by atoms with E-state index in [-0.39, 0.29) is 17.5 Å². The number of piperidine rings is 1. The van der Waals surface area contributed by atoms with Crippen LogP contribution in [0, 0.1) is 5.82 Å². The van der Waals surface area contributed by atoms with Crippen molar-refractivity contribution < 1.29 is 9.18 Å². The SMILES string of the molecule is NC1CCCN(c2c(Br)cnc3[nH]cc(NC(=O)c4cccc(F)c4)c23)C1. The van der Waals surface area contributed by atoms with E-state index in [9.17, 15) is 9.18 Å². The number of benzene rings is 1. The minimum Gasteiger partial charge on any atom is -0.368 e. The molecule has 0 bridgehead atoms. The van der Waals surface area contributed by atoms with Crippen LogP contribution in [0.3, 0.4) is 0 Å². The summed E-state index contributed by atoms with van der Waals surface area (Å²) in [5, 5.41) is 3.68. The van der Waals surface area contributed by atoms with Crippen LogP contribution in [0.25, 0.3) is 11.0 Å². The highest BCUT2D eigenvalue weighted by Crippen LogP contribution is 2.38. The third-order valence-electron chi connectivity index (χ3n) is 4.74. The van der Waals surface area contributed by atoms with Crippen LogP contribution in [-0.4, -0.2) is 35.0 Å². The maximum atomic E-state index is 13.4. The number of amides is 1. The topological polar surface area (TPSA) is 87.0 Å². The van der Waals surface area contributed by atoms with Crippen LogP contribution >= 0.6 is 15.9 Å². The van der Waals surface area contributed by atoms with Crippen LogP contribution in [0.1, 0.15) is 23.2 Å². The van der Waals surface area contributed by atoms with E-state index < -0.39 is 5.82 Å². The molecule has 3 heterocycles. The number of anilines is 2. The molecular weight excluding hydrogens is 413 g/mol. The molecule has 0 radical (unpaired) electrons. The standard InChI is InChI=1S/C19H19BrFN5O/c20-14-8-23-18-16(17(14)26-6-2-5-13(22)10-26)15(9-24-18)25-19(27)11-3-1-4-12(21)7-11/h1,3-4,7-9,13H,2,5-6,10,22H2,(H,23,24)(H,25,27). The van der Waals surface area contributed by atoms with Crippen LogP contribution in [0.15, 0.2) is 41.1 Å². The number of H-pyrrole nitrogens is 1. The summed E-state index contributed by atoms with van der Waals surface area (Å²) >= 11 is 3.59. The third-order valence-corrected chi connectivity index (χ3v) is 5.32. The van der Waals surface area contributed by atoms with Gasteiger partial charge in [-0.1, -0.05) is 6.07 Å². The van der Waals surface area contributed by atoms with E-state index in [1.165, 1.54) is 18.2 Å². The second-order valence-corrected chi connectivity index (χ2v) is 7.55. The lowest BCUT2D eigenvalue weighted by atomic mass is 10.1. The Morgan fingerprint density at radius 3 is 3.07 bits per heavy atom. The average molecular weight is 432 g/mol. The Kier molecular flexibility index (Phi) is 4.84. The summed E-state index contributed by atoms with van der Waals surface area (Å²) in [6.45, 7) is 1.62. The van der Waals surface area contributed by atoms with Crippen molar-refractivity contribution in [3.63, 3.8) is 0 Å². The van der Waals surface area contributed by atoms with Gasteiger partial charge >= 0.3 is 0 Å². The van der Waals surface area contributed by atoms with E-state index in [1.807, 2.05) is 0 Å². The molecule has 1 aliphatic heterocycles. The summed E-state index contributed by atoms with van der Waals surface area (Å²) in [4.78, 5) is 22.3. The van der Waals surface area contributed by atoms with Gasteiger partial charge in [-0.05, 0) is 47.0 Å². The van der Waals surface area contributed by atoms with Crippen molar-refractivity contribution in [3.8, 4) is 0 Å². The van der Waals surface area contributed by atoms with E-state index in [0.717, 1.165) is 41.5 Å². The lowest BCUT2D eigenvalue weighted by Gasteiger charge is -2.33. The lowest BCUT2D eigenvalue weighted by molar-refractivity contribution is 0.102. The van der Waals surface area contributed by atoms with Gasteiger partial charge in [0.1, 0.15) is 11.5 Å². The molecular formula is C19H19BrFN5O. The van der Waals surface area contributed by atoms with Gasteiger partial charge in [-0.25, -0.2) is 9.37 Å². The second-order valence-electron chi connectivity index (χ2n) is 6.69. The number of rotatable bonds is 3. The fourth-order valence-electron chi connectivity index (χ4n) is 3.50. The molecule has 0 aliphatic carbocycles. The van der Waals surface area contributed by atoms with E-state index in [2.05, 4.69) is 36.1 Å². The zero-order valence-corrected chi connectivity index (χ0v) is 16.1. The summed E-state index contributed by atoms with van der Waals surface area (Å²) in [6.07, 6.45) is 5.45. The molecule has 4 rings (SSSR count). The molecule has 2 aromatic heterocycles. The Morgan fingerprint density at radius 2 is 2.30 bits per heavy atom. The summed E-state index contributed by atoms with van der Waals surface area (Å²) in [5.74, 6) is -0.828. The van der Waals surface area contributed by atoms with E-state index in [0.29, 0.717) is 11.3 Å². The molecule has 3 aromatic rings. The van der Waals surface area contributed by atoms with Crippen molar-refractivity contribution in [3.05, 3.63) is 52.5 Å². The molecule has 1 fully saturated rings. The molecule has 1 saturated heterocycles. The molecule has 27 heavy (non-hydrogen) atoms. The lowest BCUT2D eigenvalue weighted by Crippen LogP contribution is -2.43. The van der Waals surface area contributed by atoms with Crippen LogP contribution in [0.4, 0.5) is 15.8 Å². The van der Waals surface area contributed by atoms with E-state index in [4.69, 9.17) is 5.73 Å². The first-order chi connectivity index (χ1) is 13.0. The van der Waals surface area contributed by atoms with Crippen molar-refractivity contribution in [1.29, 1.82) is 0 Å². The molecule has 1 unspecified atom stereocenters. The number of pyridine rings is 1. The van der Waals surface area contributed by atoms with Crippen LogP contribution in [-0.2, 0) is 0 Å². The quantitative estimate of drug-likeness (QED) is 0.590. The number of hydrogen-bond donors (Lipinski definition) is 3. The van der Waals surface area contributed by atoms with E-state index in [1.54, 1.807) is 18.5 Å². The molecule has 8 heteroatoms. The zero-order valence-electron chi connectivity index (χ0n) is 14.5. The fourth-order valence-corrected chi connectivity index (χ4v) is 4.05. The highest BCUT2D eigenvalue weighted by atomic mass is 79.9. The number of nitrogens with two attached hydrogens (primary N) is 1. The van der Waals surface area contributed by atoms with Crippen LogP contribution in [0.5, 0.6) is 0 Å². The zero-order chi connectivity index (χ0) is 19.0. The molecule has 1 amide bonds. The molecule has 0 saturated carbocycles. The number of nitrogens with one attached hydrogen (secondary N) is 2. The largest absolute Gasteiger partial charge is 0.368 e. The van der Waals surface area contributed by atoms with Crippen molar-refractivity contribution in [2.45, 2.75) is 18.9 Å². The maximum Gasteiger partial charge on any atom is 0.255 e. The van der Waals surface area contributed by atoms with Crippen molar-refractivity contribution in [2.24, 2.45) is 5.73 Å². The molecule has 140 valence electrons. The first kappa shape index (κ1) is 17.9. The van der Waals surface area contributed by atoms with Gasteiger partial charge in [-0.3, -0.25) is 4.79 Å². The second kappa shape index (κ2) is 7.28. The van der Waals surface area contributed by atoms with Gasteiger partial charge in [-0.2, -0.15) is 0 Å². The maximum absolute atomic E-state index is 13.4. The highest BCUT2D eigenvalue weighted by Gasteiger charge is 2.24. The third kappa shape index (κ3) is 3.54. The van der Waals surface area contributed by atoms with Gasteiger partial charge in [0.15, 0.2) is 0 Å². The highest BCUT2D eigenvalue weighted by molar-refractivity contribution is 9.10. The summed E-state index contributed by atoms with van der Waals surface area (Å²) in [5.41, 5.74) is 8.63. The van der Waals surface area contributed by atoms with Crippen molar-refractivity contribution in [1.82, 2.24) is 9.97 Å². The van der Waals surface area contributed by atoms with Crippen LogP contribution < -0.4 is 16.0 Å². The van der Waals surface area contributed by atoms with Gasteiger partial charge in [0, 0.05) is 37.1 Å². The minimum atomic E-state index is -0.450. The fraction of sp³-hybridized carbons (Fsp3) is 0.263. The number of nitrogens with zero attached hydrogens (tertiary/aromatic N) is 2. The minimum absolute atomic E-state index is 0.109. The molecule has 1 atom stereocenters. The van der Waals surface area contributed by atoms with Gasteiger partial charge in [0.2, 0.25) is 0 Å². The first-order valence-corrected chi connectivity index (χ1v) is 9.55. The Labute approximate surface area is 164 Å². The smallest absolute Gasteiger partial charge is 0.255 e. The number of halogens is 2. The normalized spacial score (nSPS) is 17.3. The van der Waals surface area contributed by atoms with Crippen molar-refractivity contribution in [2.75, 3.05) is 23.3 Å². The number of aromatic amines is 1. The number of hydrogen-bond acceptors (Lipinski definition) is 4. The van der Waals surface area contributed by atoms with Gasteiger partial charge < -0.3 is 20.9 Å². The number of fused-ring (bicyclic) bond motifs is 1. The monoisotopic (exact) mass is 431 g/mol. The van der Waals surface area contributed by atoms with Gasteiger partial charge in [0.25, 0.3) is 5.91 Å². The first-order valence-electron chi connectivity index (χ1n) is 8.76. The Hall–Kier alpha value is -2.45. The number of carbonyl (C=O) groups is 1. The summed E-state index contributed by atoms with van der Waals surface area (Å²) < 4.78 is 14.3. The predicted molar refractivity (Wildman–Crippen MR) is 108 cm³/mol. The predicted octanol–water partition coefficient (Wildman–Crippen LogP) is 3.64. The number of aromatic nitrogens is 2. The van der Waals surface area contributed by atoms with Gasteiger partial charge in [-0.15, -0.1) is 0 Å². The van der Waals surface area contributed by atoms with Crippen molar-refractivity contribution >= 4 is 44.2 Å². The Balaban J connectivity index is 1.73.